The second kappa shape index (κ2) is 6.75. The molecule has 0 bridgehead atoms. The normalized spacial score (nSPS) is 8.82. The molecule has 11 heavy (non-hydrogen) atoms. The van der Waals surface area contributed by atoms with Crippen LogP contribution in [-0.2, 0) is 4.18 Å². The molecule has 0 saturated carbocycles. The van der Waals surface area contributed by atoms with Crippen LogP contribution in [0.15, 0.2) is 0 Å². The molecule has 3 nitrogen and oxygen atoms in total. The lowest BCUT2D eigenvalue weighted by molar-refractivity contribution is 0.0658. The average Bonchev–Trinajstić information content (AvgIpc) is 1.82. The molecule has 0 saturated heterocycles. The third kappa shape index (κ3) is 7.96. The zero-order chi connectivity index (χ0) is 8.15. The fourth-order valence-corrected chi connectivity index (χ4v) is 0.605. The molecule has 0 atom stereocenters. The van der Waals surface area contributed by atoms with Gasteiger partial charge in [0.05, 0.1) is 12.0 Å². The highest BCUT2D eigenvalue weighted by atomic mass is 35.5. The number of carbonyl (C=O) groups is 1. The zero-order valence-corrected chi connectivity index (χ0v) is 7.62. The van der Waals surface area contributed by atoms with Crippen molar-refractivity contribution in [3.05, 3.63) is 0 Å². The van der Waals surface area contributed by atoms with Crippen LogP contribution >= 0.6 is 35.2 Å². The lowest BCUT2D eigenvalue weighted by atomic mass is 11.1. The Hall–Kier alpha value is 0.0600. The number of carbonyl (C=O) groups excluding carboxylic acids is 1. The Balaban J connectivity index is 0. The predicted molar refractivity (Wildman–Crippen MR) is 40.9 cm³/mol. The topological polar surface area (TPSA) is 29.5 Å². The minimum Gasteiger partial charge on any atom is -0.370 e. The van der Waals surface area contributed by atoms with Gasteiger partial charge in [-0.05, 0) is 0 Å². The molecular weight excluding hydrogens is 223 g/mol. The zero-order valence-electron chi connectivity index (χ0n) is 5.29. The van der Waals surface area contributed by atoms with Gasteiger partial charge in [-0.1, -0.05) is 27.7 Å². The van der Waals surface area contributed by atoms with E-state index in [1.807, 2.05) is 0 Å². The Morgan fingerprint density at radius 3 is 2.45 bits per heavy atom. The van der Waals surface area contributed by atoms with Crippen molar-refractivity contribution in [2.45, 2.75) is 4.17 Å². The van der Waals surface area contributed by atoms with Crippen molar-refractivity contribution < 1.29 is 18.2 Å². The molecule has 0 fully saturated rings. The van der Waals surface area contributed by atoms with Gasteiger partial charge in [0.1, 0.15) is 0 Å². The maximum absolute atomic E-state index is 11.8. The van der Waals surface area contributed by atoms with Gasteiger partial charge in [0.2, 0.25) is 0 Å². The third-order valence-corrected chi connectivity index (χ3v) is 1.26. The molecule has 0 aromatic heterocycles. The molecule has 0 heterocycles. The van der Waals surface area contributed by atoms with Gasteiger partial charge in [0.15, 0.2) is 4.17 Å². The summed E-state index contributed by atoms with van der Waals surface area (Å²) in [5.74, 6) is 0. The number of alkyl halides is 2. The van der Waals surface area contributed by atoms with Gasteiger partial charge in [-0.15, -0.1) is 5.12 Å². The van der Waals surface area contributed by atoms with Gasteiger partial charge >= 0.3 is 6.09 Å². The molecule has 0 rings (SSSR count). The smallest absolute Gasteiger partial charge is 0.370 e. The van der Waals surface area contributed by atoms with Gasteiger partial charge in [0, 0.05) is 7.05 Å². The highest BCUT2D eigenvalue weighted by Gasteiger charge is 2.11. The van der Waals surface area contributed by atoms with Gasteiger partial charge < -0.3 is 4.18 Å². The van der Waals surface area contributed by atoms with Crippen molar-refractivity contribution in [2.24, 2.45) is 0 Å². The molecule has 0 radical (unpaired) electrons. The Morgan fingerprint density at radius 1 is 1.73 bits per heavy atom. The molecule has 0 aromatic carbocycles. The fourth-order valence-electron chi connectivity index (χ4n) is 0.129. The van der Waals surface area contributed by atoms with Crippen LogP contribution in [0.4, 0.5) is 14.0 Å². The molecule has 0 aliphatic heterocycles. The standard InChI is InChI=1S/C3H4Cl2FNO2S.FH/c1-7(6)3(8)9-10-2(4)5;/h2H,1H3;1H. The lowest BCUT2D eigenvalue weighted by Crippen LogP contribution is -2.16. The number of amides is 1. The summed E-state index contributed by atoms with van der Waals surface area (Å²) in [6.45, 7) is 0. The molecule has 0 unspecified atom stereocenters. The van der Waals surface area contributed by atoms with Gasteiger partial charge in [0.25, 0.3) is 0 Å². The maximum atomic E-state index is 11.8. The van der Waals surface area contributed by atoms with E-state index < -0.39 is 10.3 Å². The first-order valence-corrected chi connectivity index (χ1v) is 3.76. The van der Waals surface area contributed by atoms with E-state index in [4.69, 9.17) is 23.2 Å². The van der Waals surface area contributed by atoms with Crippen LogP contribution in [0, 0.1) is 0 Å². The number of hydrogen-bond donors (Lipinski definition) is 0. The highest BCUT2D eigenvalue weighted by molar-refractivity contribution is 7.98. The summed E-state index contributed by atoms with van der Waals surface area (Å²) in [6, 6.07) is 0. The Bertz CT molecular complexity index is 126. The Kier molecular flexibility index (Phi) is 8.37. The van der Waals surface area contributed by atoms with Gasteiger partial charge in [-0.25, -0.2) is 4.79 Å². The van der Waals surface area contributed by atoms with E-state index in [0.717, 1.165) is 7.05 Å². The first-order chi connectivity index (χ1) is 4.54. The molecular formula is C3H5Cl2F2NO2S. The number of hydrogen-bond acceptors (Lipinski definition) is 3. The van der Waals surface area contributed by atoms with Crippen molar-refractivity contribution in [2.75, 3.05) is 7.05 Å². The van der Waals surface area contributed by atoms with Crippen molar-refractivity contribution in [1.29, 1.82) is 0 Å². The summed E-state index contributed by atoms with van der Waals surface area (Å²) in [7, 11) is 0.903. The van der Waals surface area contributed by atoms with Crippen LogP contribution in [0.5, 0.6) is 0 Å². The van der Waals surface area contributed by atoms with Gasteiger partial charge in [-0.3, -0.25) is 4.70 Å². The summed E-state index contributed by atoms with van der Waals surface area (Å²) >= 11 is 10.7. The van der Waals surface area contributed by atoms with E-state index >= 15 is 0 Å². The van der Waals surface area contributed by atoms with Crippen LogP contribution in [0.25, 0.3) is 0 Å². The quantitative estimate of drug-likeness (QED) is 0.413. The average molecular weight is 228 g/mol. The summed E-state index contributed by atoms with van der Waals surface area (Å²) in [4.78, 5) is 10.2. The predicted octanol–water partition coefficient (Wildman–Crippen LogP) is 2.50. The SMILES string of the molecule is CN(F)C(=O)OSC(Cl)Cl.F. The van der Waals surface area contributed by atoms with E-state index in [-0.39, 0.29) is 9.83 Å². The molecule has 0 aliphatic carbocycles. The van der Waals surface area contributed by atoms with E-state index in [1.54, 1.807) is 0 Å². The maximum Gasteiger partial charge on any atom is 0.450 e. The Labute approximate surface area is 76.3 Å². The van der Waals surface area contributed by atoms with Crippen LogP contribution < -0.4 is 0 Å². The van der Waals surface area contributed by atoms with Crippen molar-refractivity contribution in [3.8, 4) is 0 Å². The number of nitrogens with zero attached hydrogens (tertiary/aromatic N) is 1. The van der Waals surface area contributed by atoms with Crippen LogP contribution in [0.3, 0.4) is 0 Å². The summed E-state index contributed by atoms with van der Waals surface area (Å²) < 4.78 is 15.0. The van der Waals surface area contributed by atoms with Crippen LogP contribution in [-0.4, -0.2) is 22.4 Å². The first-order valence-electron chi connectivity index (χ1n) is 2.09. The van der Waals surface area contributed by atoms with E-state index in [0.29, 0.717) is 12.0 Å². The summed E-state index contributed by atoms with van der Waals surface area (Å²) in [5.41, 5.74) is 0. The second-order valence-electron chi connectivity index (χ2n) is 1.18. The fraction of sp³-hybridized carbons (Fsp3) is 0.667. The number of halogens is 4. The van der Waals surface area contributed by atoms with Crippen molar-refractivity contribution >= 4 is 41.3 Å². The highest BCUT2D eigenvalue weighted by Crippen LogP contribution is 2.20. The van der Waals surface area contributed by atoms with E-state index in [2.05, 4.69) is 4.18 Å². The minimum atomic E-state index is -1.14. The Morgan fingerprint density at radius 2 is 2.18 bits per heavy atom. The third-order valence-electron chi connectivity index (χ3n) is 0.444. The molecule has 0 aliphatic rings. The van der Waals surface area contributed by atoms with Crippen LogP contribution in [0.1, 0.15) is 0 Å². The van der Waals surface area contributed by atoms with Crippen LogP contribution in [0.2, 0.25) is 0 Å². The van der Waals surface area contributed by atoms with Crippen molar-refractivity contribution in [1.82, 2.24) is 5.12 Å². The largest absolute Gasteiger partial charge is 0.450 e. The summed E-state index contributed by atoms with van der Waals surface area (Å²) in [6.07, 6.45) is -1.14. The van der Waals surface area contributed by atoms with E-state index in [1.165, 1.54) is 0 Å². The number of rotatable bonds is 2. The summed E-state index contributed by atoms with van der Waals surface area (Å²) in [5, 5.41) is -0.219. The second-order valence-corrected chi connectivity index (χ2v) is 3.63. The van der Waals surface area contributed by atoms with E-state index in [9.17, 15) is 9.28 Å². The molecule has 0 N–H and O–H groups in total. The molecule has 68 valence electrons. The first kappa shape index (κ1) is 13.6. The van der Waals surface area contributed by atoms with Crippen molar-refractivity contribution in [3.63, 3.8) is 0 Å². The minimum absolute atomic E-state index is 0. The molecule has 0 spiro atoms. The molecule has 8 heteroatoms. The van der Waals surface area contributed by atoms with Gasteiger partial charge in [-0.2, -0.15) is 0 Å². The molecule has 1 amide bonds. The monoisotopic (exact) mass is 227 g/mol. The molecule has 0 aromatic rings. The lowest BCUT2D eigenvalue weighted by Gasteiger charge is -2.04.